The first kappa shape index (κ1) is 21.0. The van der Waals surface area contributed by atoms with Crippen LogP contribution in [0.1, 0.15) is 44.7 Å². The minimum absolute atomic E-state index is 0.0684. The van der Waals surface area contributed by atoms with Gasteiger partial charge >= 0.3 is 6.03 Å². The van der Waals surface area contributed by atoms with E-state index in [0.29, 0.717) is 12.5 Å². The van der Waals surface area contributed by atoms with Gasteiger partial charge in [-0.3, -0.25) is 0 Å². The molecular weight excluding hydrogens is 350 g/mol. The average molecular weight is 388 g/mol. The maximum atomic E-state index is 12.7. The second-order valence-corrected chi connectivity index (χ2v) is 9.44. The number of carbonyl (C=O) groups excluding carboxylic acids is 1. The lowest BCUT2D eigenvalue weighted by atomic mass is 9.78. The summed E-state index contributed by atoms with van der Waals surface area (Å²) >= 11 is 0. The van der Waals surface area contributed by atoms with Crippen LogP contribution in [0.2, 0.25) is 0 Å². The third kappa shape index (κ3) is 4.80. The number of hydrogen-bond acceptors (Lipinski definition) is 3. The number of aryl methyl sites for hydroxylation is 1. The maximum absolute atomic E-state index is 12.7. The van der Waals surface area contributed by atoms with E-state index in [1.54, 1.807) is 0 Å². The highest BCUT2D eigenvalue weighted by Crippen LogP contribution is 2.33. The van der Waals surface area contributed by atoms with Crippen molar-refractivity contribution < 1.29 is 9.53 Å². The Morgan fingerprint density at radius 1 is 1.18 bits per heavy atom. The summed E-state index contributed by atoms with van der Waals surface area (Å²) in [5.74, 6) is 0.397. The summed E-state index contributed by atoms with van der Waals surface area (Å²) < 4.78 is 6.05. The summed E-state index contributed by atoms with van der Waals surface area (Å²) in [6.07, 6.45) is 2.42. The van der Waals surface area contributed by atoms with Crippen molar-refractivity contribution in [3.05, 3.63) is 29.3 Å². The molecule has 0 spiro atoms. The molecule has 2 heterocycles. The van der Waals surface area contributed by atoms with Crippen LogP contribution >= 0.6 is 0 Å². The van der Waals surface area contributed by atoms with E-state index in [1.165, 1.54) is 16.8 Å². The molecule has 0 aliphatic carbocycles. The SMILES string of the molecule is Cc1cccc(N2CCN(C(=O)NC[C@@H]3CCCO[C@H]3C(C)(C)C)CC2)c1C. The number of anilines is 1. The molecule has 2 aliphatic heterocycles. The van der Waals surface area contributed by atoms with Gasteiger partial charge < -0.3 is 19.9 Å². The summed E-state index contributed by atoms with van der Waals surface area (Å²) in [6.45, 7) is 15.9. The first-order chi connectivity index (χ1) is 13.3. The molecule has 5 heteroatoms. The Kier molecular flexibility index (Phi) is 6.54. The Labute approximate surface area is 170 Å². The van der Waals surface area contributed by atoms with Crippen molar-refractivity contribution in [2.24, 2.45) is 11.3 Å². The van der Waals surface area contributed by atoms with Gasteiger partial charge in [0.25, 0.3) is 0 Å². The van der Waals surface area contributed by atoms with E-state index in [4.69, 9.17) is 4.74 Å². The lowest BCUT2D eigenvalue weighted by Gasteiger charge is -2.41. The summed E-state index contributed by atoms with van der Waals surface area (Å²) in [4.78, 5) is 17.1. The number of nitrogens with one attached hydrogen (secondary N) is 1. The summed E-state index contributed by atoms with van der Waals surface area (Å²) in [7, 11) is 0. The normalized spacial score (nSPS) is 23.6. The van der Waals surface area contributed by atoms with Gasteiger partial charge in [-0.25, -0.2) is 4.79 Å². The van der Waals surface area contributed by atoms with Gasteiger partial charge in [0, 0.05) is 50.9 Å². The molecule has 156 valence electrons. The predicted octanol–water partition coefficient (Wildman–Crippen LogP) is 3.98. The number of benzene rings is 1. The molecule has 2 atom stereocenters. The van der Waals surface area contributed by atoms with E-state index in [0.717, 1.165) is 45.6 Å². The van der Waals surface area contributed by atoms with Crippen molar-refractivity contribution in [3.8, 4) is 0 Å². The molecule has 1 N–H and O–H groups in total. The zero-order chi connectivity index (χ0) is 20.3. The fourth-order valence-corrected chi connectivity index (χ4v) is 4.57. The Bertz CT molecular complexity index is 675. The van der Waals surface area contributed by atoms with Gasteiger partial charge in [-0.2, -0.15) is 0 Å². The molecular formula is C23H37N3O2. The monoisotopic (exact) mass is 387 g/mol. The number of nitrogens with zero attached hydrogens (tertiary/aromatic N) is 2. The summed E-state index contributed by atoms with van der Waals surface area (Å²) in [6, 6.07) is 6.53. The first-order valence-corrected chi connectivity index (χ1v) is 10.7. The van der Waals surface area contributed by atoms with Crippen molar-refractivity contribution in [1.82, 2.24) is 10.2 Å². The molecule has 0 unspecified atom stereocenters. The third-order valence-electron chi connectivity index (χ3n) is 6.30. The Morgan fingerprint density at radius 2 is 1.89 bits per heavy atom. The third-order valence-corrected chi connectivity index (χ3v) is 6.30. The molecule has 5 nitrogen and oxygen atoms in total. The van der Waals surface area contributed by atoms with Crippen LogP contribution in [0.15, 0.2) is 18.2 Å². The van der Waals surface area contributed by atoms with Crippen LogP contribution in [0.4, 0.5) is 10.5 Å². The molecule has 1 aromatic carbocycles. The average Bonchev–Trinajstić information content (AvgIpc) is 2.68. The van der Waals surface area contributed by atoms with Gasteiger partial charge in [0.15, 0.2) is 0 Å². The molecule has 0 radical (unpaired) electrons. The van der Waals surface area contributed by atoms with Gasteiger partial charge in [-0.1, -0.05) is 32.9 Å². The van der Waals surface area contributed by atoms with Gasteiger partial charge in [0.1, 0.15) is 0 Å². The fourth-order valence-electron chi connectivity index (χ4n) is 4.57. The molecule has 0 saturated carbocycles. The molecule has 1 aromatic rings. The van der Waals surface area contributed by atoms with Crippen molar-refractivity contribution in [3.63, 3.8) is 0 Å². The predicted molar refractivity (Wildman–Crippen MR) is 115 cm³/mol. The maximum Gasteiger partial charge on any atom is 0.317 e. The van der Waals surface area contributed by atoms with E-state index in [1.807, 2.05) is 4.90 Å². The lowest BCUT2D eigenvalue weighted by molar-refractivity contribution is -0.0839. The highest BCUT2D eigenvalue weighted by Gasteiger charge is 2.35. The van der Waals surface area contributed by atoms with Gasteiger partial charge in [-0.05, 0) is 49.3 Å². The lowest BCUT2D eigenvalue weighted by Crippen LogP contribution is -2.53. The van der Waals surface area contributed by atoms with Crippen LogP contribution in [0, 0.1) is 25.2 Å². The largest absolute Gasteiger partial charge is 0.377 e. The van der Waals surface area contributed by atoms with E-state index in [2.05, 4.69) is 63.0 Å². The second kappa shape index (κ2) is 8.73. The molecule has 2 amide bonds. The first-order valence-electron chi connectivity index (χ1n) is 10.7. The molecule has 3 rings (SSSR count). The van der Waals surface area contributed by atoms with Crippen LogP contribution in [0.5, 0.6) is 0 Å². The van der Waals surface area contributed by atoms with E-state index in [9.17, 15) is 4.79 Å². The van der Waals surface area contributed by atoms with Gasteiger partial charge in [0.2, 0.25) is 0 Å². The molecule has 2 saturated heterocycles. The molecule has 0 bridgehead atoms. The Balaban J connectivity index is 1.51. The number of hydrogen-bond donors (Lipinski definition) is 1. The zero-order valence-corrected chi connectivity index (χ0v) is 18.3. The van der Waals surface area contributed by atoms with Crippen LogP contribution in [0.25, 0.3) is 0 Å². The Hall–Kier alpha value is -1.75. The minimum atomic E-state index is 0.0684. The number of ether oxygens (including phenoxy) is 1. The van der Waals surface area contributed by atoms with Crippen LogP contribution < -0.4 is 10.2 Å². The van der Waals surface area contributed by atoms with E-state index in [-0.39, 0.29) is 17.6 Å². The molecule has 2 fully saturated rings. The van der Waals surface area contributed by atoms with Crippen molar-refractivity contribution in [2.75, 3.05) is 44.2 Å². The number of rotatable bonds is 3. The zero-order valence-electron chi connectivity index (χ0n) is 18.3. The molecule has 2 aliphatic rings. The van der Waals surface area contributed by atoms with E-state index < -0.39 is 0 Å². The summed E-state index contributed by atoms with van der Waals surface area (Å²) in [5.41, 5.74) is 4.06. The molecule has 28 heavy (non-hydrogen) atoms. The molecule has 0 aromatic heterocycles. The van der Waals surface area contributed by atoms with Crippen molar-refractivity contribution >= 4 is 11.7 Å². The van der Waals surface area contributed by atoms with E-state index >= 15 is 0 Å². The van der Waals surface area contributed by atoms with Crippen LogP contribution in [-0.2, 0) is 4.74 Å². The van der Waals surface area contributed by atoms with Gasteiger partial charge in [0.05, 0.1) is 6.10 Å². The highest BCUT2D eigenvalue weighted by molar-refractivity contribution is 5.74. The highest BCUT2D eigenvalue weighted by atomic mass is 16.5. The van der Waals surface area contributed by atoms with Crippen molar-refractivity contribution in [1.29, 1.82) is 0 Å². The quantitative estimate of drug-likeness (QED) is 0.853. The number of urea groups is 1. The number of amides is 2. The van der Waals surface area contributed by atoms with Crippen LogP contribution in [0.3, 0.4) is 0 Å². The van der Waals surface area contributed by atoms with Crippen LogP contribution in [-0.4, -0.2) is 56.4 Å². The van der Waals surface area contributed by atoms with Gasteiger partial charge in [-0.15, -0.1) is 0 Å². The standard InChI is InChI=1S/C23H37N3O2/c1-17-8-6-10-20(18(17)2)25-11-13-26(14-12-25)22(27)24-16-19-9-7-15-28-21(19)23(3,4)5/h6,8,10,19,21H,7,9,11-16H2,1-5H3,(H,24,27)/t19-,21+/m0/s1. The number of carbonyl (C=O) groups is 1. The Morgan fingerprint density at radius 3 is 2.57 bits per heavy atom. The fraction of sp³-hybridized carbons (Fsp3) is 0.696. The smallest absolute Gasteiger partial charge is 0.317 e. The van der Waals surface area contributed by atoms with Crippen molar-refractivity contribution in [2.45, 2.75) is 53.6 Å². The summed E-state index contributed by atoms with van der Waals surface area (Å²) in [5, 5.41) is 3.19. The number of piperazine rings is 1. The minimum Gasteiger partial charge on any atom is -0.377 e. The second-order valence-electron chi connectivity index (χ2n) is 9.44. The topological polar surface area (TPSA) is 44.8 Å².